The highest BCUT2D eigenvalue weighted by atomic mass is 35.6. The molecule has 1 aromatic carbocycles. The van der Waals surface area contributed by atoms with Crippen LogP contribution in [0.2, 0.25) is 0 Å². The van der Waals surface area contributed by atoms with E-state index in [1.165, 1.54) is 0 Å². The summed E-state index contributed by atoms with van der Waals surface area (Å²) in [5.41, 5.74) is 0.380. The minimum Gasteiger partial charge on any atom is -0.107 e. The number of halogens is 9. The molecule has 2 rings (SSSR count). The zero-order chi connectivity index (χ0) is 15.6. The topological polar surface area (TPSA) is 0 Å². The second kappa shape index (κ2) is 5.16. The Morgan fingerprint density at radius 3 is 1.20 bits per heavy atom. The van der Waals surface area contributed by atoms with Gasteiger partial charge >= 0.3 is 0 Å². The smallest absolute Gasteiger partial charge is 0.107 e. The van der Waals surface area contributed by atoms with Crippen molar-refractivity contribution < 1.29 is 0 Å². The van der Waals surface area contributed by atoms with Crippen molar-refractivity contribution in [2.45, 2.75) is 22.2 Å². The van der Waals surface area contributed by atoms with Crippen molar-refractivity contribution in [1.29, 1.82) is 0 Å². The third kappa shape index (κ3) is 1.90. The fraction of sp³-hybridized carbons (Fsp3) is 0.455. The second-order valence-electron chi connectivity index (χ2n) is 4.32. The Balaban J connectivity index is 2.82. The van der Waals surface area contributed by atoms with E-state index in [1.807, 2.05) is 0 Å². The Bertz CT molecular complexity index is 494. The number of hydrogen-bond donors (Lipinski definition) is 0. The Morgan fingerprint density at radius 1 is 0.500 bits per heavy atom. The first-order valence-electron chi connectivity index (χ1n) is 5.11. The molecule has 1 aliphatic rings. The highest BCUT2D eigenvalue weighted by molar-refractivity contribution is 6.79. The van der Waals surface area contributed by atoms with Gasteiger partial charge in [-0.05, 0) is 5.56 Å². The maximum atomic E-state index is 6.58. The molecule has 0 spiro atoms. The summed E-state index contributed by atoms with van der Waals surface area (Å²) in [7, 11) is 0. The molecule has 9 heteroatoms. The predicted molar refractivity (Wildman–Crippen MR) is 91.7 cm³/mol. The lowest BCUT2D eigenvalue weighted by molar-refractivity contribution is 0.569. The van der Waals surface area contributed by atoms with Crippen LogP contribution in [0, 0.1) is 0 Å². The van der Waals surface area contributed by atoms with Gasteiger partial charge in [0.15, 0.2) is 17.3 Å². The minimum absolute atomic E-state index is 0.380. The van der Waals surface area contributed by atoms with Crippen LogP contribution in [-0.4, -0.2) is 17.3 Å². The van der Waals surface area contributed by atoms with E-state index in [2.05, 4.69) is 0 Å². The molecule has 20 heavy (non-hydrogen) atoms. The number of rotatable bonds is 1. The summed E-state index contributed by atoms with van der Waals surface area (Å²) in [4.78, 5) is -1.85. The monoisotopic (exact) mass is 452 g/mol. The van der Waals surface area contributed by atoms with Crippen molar-refractivity contribution in [3.8, 4) is 0 Å². The van der Waals surface area contributed by atoms with E-state index in [-0.39, 0.29) is 0 Å². The van der Waals surface area contributed by atoms with Gasteiger partial charge in [-0.2, -0.15) is 0 Å². The highest BCUT2D eigenvalue weighted by Crippen LogP contribution is 2.79. The van der Waals surface area contributed by atoms with Crippen LogP contribution < -0.4 is 0 Å². The molecular formula is C11H5Cl9. The Labute approximate surface area is 161 Å². The van der Waals surface area contributed by atoms with E-state index in [1.54, 1.807) is 30.3 Å². The van der Waals surface area contributed by atoms with E-state index >= 15 is 0 Å². The molecule has 1 fully saturated rings. The molecule has 1 aliphatic carbocycles. The first kappa shape index (κ1) is 18.2. The van der Waals surface area contributed by atoms with Crippen LogP contribution in [0.25, 0.3) is 0 Å². The van der Waals surface area contributed by atoms with Gasteiger partial charge in [0.25, 0.3) is 0 Å². The molecule has 0 atom stereocenters. The molecule has 1 aromatic rings. The van der Waals surface area contributed by atoms with E-state index in [9.17, 15) is 0 Å². The van der Waals surface area contributed by atoms with E-state index in [0.717, 1.165) is 0 Å². The Hall–Kier alpha value is 1.83. The fourth-order valence-electron chi connectivity index (χ4n) is 2.05. The molecule has 0 aromatic heterocycles. The predicted octanol–water partition coefficient (Wildman–Crippen LogP) is 6.83. The van der Waals surface area contributed by atoms with Crippen molar-refractivity contribution >= 4 is 104 Å². The third-order valence-electron chi connectivity index (χ3n) is 3.22. The molecule has 112 valence electrons. The molecule has 0 aliphatic heterocycles. The zero-order valence-electron chi connectivity index (χ0n) is 9.29. The van der Waals surface area contributed by atoms with Crippen molar-refractivity contribution in [3.05, 3.63) is 35.9 Å². The van der Waals surface area contributed by atoms with Crippen LogP contribution >= 0.6 is 104 Å². The van der Waals surface area contributed by atoms with Crippen molar-refractivity contribution in [1.82, 2.24) is 0 Å². The van der Waals surface area contributed by atoms with Gasteiger partial charge in [-0.3, -0.25) is 0 Å². The molecule has 0 N–H and O–H groups in total. The largest absolute Gasteiger partial charge is 0.188 e. The molecule has 0 unspecified atom stereocenters. The van der Waals surface area contributed by atoms with Crippen molar-refractivity contribution in [3.63, 3.8) is 0 Å². The van der Waals surface area contributed by atoms with E-state index in [4.69, 9.17) is 104 Å². The quantitative estimate of drug-likeness (QED) is 0.407. The molecule has 0 heterocycles. The number of hydrogen-bond acceptors (Lipinski definition) is 0. The van der Waals surface area contributed by atoms with Crippen LogP contribution in [0.1, 0.15) is 5.56 Å². The van der Waals surface area contributed by atoms with Crippen LogP contribution in [0.5, 0.6) is 0 Å². The van der Waals surface area contributed by atoms with E-state index in [0.29, 0.717) is 5.56 Å². The van der Waals surface area contributed by atoms with Gasteiger partial charge in [-0.25, -0.2) is 0 Å². The first-order valence-corrected chi connectivity index (χ1v) is 8.51. The normalized spacial score (nSPS) is 28.2. The molecule has 1 saturated carbocycles. The van der Waals surface area contributed by atoms with Crippen LogP contribution in [0.4, 0.5) is 0 Å². The van der Waals surface area contributed by atoms with Crippen LogP contribution in [-0.2, 0) is 4.87 Å². The summed E-state index contributed by atoms with van der Waals surface area (Å²) < 4.78 is -8.40. The standard InChI is InChI=1S/C11H5Cl9/c12-7(6-4-2-1-3-5-6)8(13,14)10(17,18)11(19,20)9(7,15)16/h1-5H. The van der Waals surface area contributed by atoms with Gasteiger partial charge in [0.2, 0.25) is 0 Å². The lowest BCUT2D eigenvalue weighted by atomic mass is 9.95. The highest BCUT2D eigenvalue weighted by Gasteiger charge is 2.88. The number of benzene rings is 1. The molecular weight excluding hydrogens is 451 g/mol. The lowest BCUT2D eigenvalue weighted by Gasteiger charge is -2.39. The summed E-state index contributed by atoms with van der Waals surface area (Å²) in [6.45, 7) is 0. The Kier molecular flexibility index (Phi) is 4.69. The summed E-state index contributed by atoms with van der Waals surface area (Å²) in [6, 6.07) is 8.38. The van der Waals surface area contributed by atoms with Gasteiger partial charge in [-0.1, -0.05) is 123 Å². The van der Waals surface area contributed by atoms with E-state index < -0.39 is 22.2 Å². The van der Waals surface area contributed by atoms with Gasteiger partial charge in [-0.15, -0.1) is 11.6 Å². The van der Waals surface area contributed by atoms with Gasteiger partial charge < -0.3 is 0 Å². The maximum Gasteiger partial charge on any atom is 0.188 e. The van der Waals surface area contributed by atoms with Crippen LogP contribution in [0.15, 0.2) is 30.3 Å². The SMILES string of the molecule is ClC1(Cl)C(Cl)(Cl)C(Cl)(Cl)C(Cl)(c2ccccc2)C1(Cl)Cl. The summed E-state index contributed by atoms with van der Waals surface area (Å²) in [5.74, 6) is 0. The lowest BCUT2D eigenvalue weighted by Crippen LogP contribution is -2.48. The molecule has 0 radical (unpaired) electrons. The third-order valence-corrected chi connectivity index (χ3v) is 10.1. The minimum atomic E-state index is -2.13. The average Bonchev–Trinajstić information content (AvgIpc) is 2.41. The maximum absolute atomic E-state index is 6.58. The van der Waals surface area contributed by atoms with Crippen molar-refractivity contribution in [2.75, 3.05) is 0 Å². The van der Waals surface area contributed by atoms with Crippen molar-refractivity contribution in [2.24, 2.45) is 0 Å². The Morgan fingerprint density at radius 2 is 0.850 bits per heavy atom. The number of alkyl halides is 9. The summed E-state index contributed by atoms with van der Waals surface area (Å²) in [5, 5.41) is 0. The first-order chi connectivity index (χ1) is 8.86. The fourth-order valence-corrected chi connectivity index (χ4v) is 5.94. The molecule has 0 bridgehead atoms. The van der Waals surface area contributed by atoms with Gasteiger partial charge in [0, 0.05) is 0 Å². The van der Waals surface area contributed by atoms with Gasteiger partial charge in [0.1, 0.15) is 4.87 Å². The molecule has 0 amide bonds. The molecule has 0 nitrogen and oxygen atoms in total. The van der Waals surface area contributed by atoms with Gasteiger partial charge in [0.05, 0.1) is 0 Å². The molecule has 0 saturated heterocycles. The summed E-state index contributed by atoms with van der Waals surface area (Å²) in [6.07, 6.45) is 0. The summed E-state index contributed by atoms with van der Waals surface area (Å²) >= 11 is 56.4. The average molecular weight is 456 g/mol. The zero-order valence-corrected chi connectivity index (χ0v) is 16.1. The van der Waals surface area contributed by atoms with Crippen LogP contribution in [0.3, 0.4) is 0 Å². The second-order valence-corrected chi connectivity index (χ2v) is 10.2.